The Hall–Kier alpha value is -3.89. The number of nitrogens with one attached hydrogen (secondary N) is 1. The molecule has 34 heavy (non-hydrogen) atoms. The van der Waals surface area contributed by atoms with Gasteiger partial charge >= 0.3 is 0 Å². The first kappa shape index (κ1) is 24.7. The van der Waals surface area contributed by atoms with E-state index in [2.05, 4.69) is 10.5 Å². The van der Waals surface area contributed by atoms with Crippen molar-refractivity contribution >= 4 is 22.1 Å². The number of hydrazone groups is 1. The van der Waals surface area contributed by atoms with Crippen molar-refractivity contribution in [3.63, 3.8) is 0 Å². The normalized spacial score (nSPS) is 11.5. The highest BCUT2D eigenvalue weighted by Crippen LogP contribution is 2.31. The summed E-state index contributed by atoms with van der Waals surface area (Å²) in [5.74, 6) is -0.0566. The molecule has 3 rings (SSSR count). The molecule has 0 aliphatic heterocycles. The number of amides is 1. The van der Waals surface area contributed by atoms with E-state index in [0.29, 0.717) is 16.9 Å². The zero-order chi connectivity index (χ0) is 24.6. The molecule has 0 bridgehead atoms. The molecular formula is C24H25N3O6S. The molecule has 0 spiro atoms. The summed E-state index contributed by atoms with van der Waals surface area (Å²) in [5.41, 5.74) is 3.69. The predicted octanol–water partition coefficient (Wildman–Crippen LogP) is 2.75. The molecule has 0 saturated heterocycles. The van der Waals surface area contributed by atoms with Crippen molar-refractivity contribution in [1.82, 2.24) is 9.73 Å². The number of hydrogen-bond donors (Lipinski definition) is 2. The van der Waals surface area contributed by atoms with Crippen LogP contribution in [0.15, 0.2) is 82.8 Å². The van der Waals surface area contributed by atoms with Crippen molar-refractivity contribution < 1.29 is 27.8 Å². The van der Waals surface area contributed by atoms with E-state index < -0.39 is 22.5 Å². The number of carbonyl (C=O) groups is 1. The number of rotatable bonds is 10. The third-order valence-electron chi connectivity index (χ3n) is 4.81. The molecule has 0 aromatic heterocycles. The molecule has 0 unspecified atom stereocenters. The number of aromatic hydroxyl groups is 1. The van der Waals surface area contributed by atoms with E-state index in [9.17, 15) is 18.3 Å². The number of ether oxygens (including phenoxy) is 2. The largest absolute Gasteiger partial charge is 0.508 e. The summed E-state index contributed by atoms with van der Waals surface area (Å²) in [6.07, 6.45) is 1.39. The zero-order valence-electron chi connectivity index (χ0n) is 18.7. The highest BCUT2D eigenvalue weighted by atomic mass is 32.2. The fraction of sp³-hybridized carbons (Fsp3) is 0.167. The predicted molar refractivity (Wildman–Crippen MR) is 127 cm³/mol. The number of sulfonamides is 1. The van der Waals surface area contributed by atoms with E-state index >= 15 is 0 Å². The third-order valence-corrected chi connectivity index (χ3v) is 6.62. The summed E-state index contributed by atoms with van der Waals surface area (Å²) in [6.45, 7) is -0.525. The van der Waals surface area contributed by atoms with Gasteiger partial charge in [0, 0.05) is 12.6 Å². The van der Waals surface area contributed by atoms with E-state index in [1.807, 2.05) is 6.07 Å². The van der Waals surface area contributed by atoms with Crippen LogP contribution in [-0.2, 0) is 21.4 Å². The number of benzene rings is 3. The van der Waals surface area contributed by atoms with Crippen LogP contribution in [0.2, 0.25) is 0 Å². The van der Waals surface area contributed by atoms with Gasteiger partial charge < -0.3 is 14.6 Å². The van der Waals surface area contributed by atoms with Crippen molar-refractivity contribution in [2.75, 3.05) is 20.8 Å². The first-order valence-electron chi connectivity index (χ1n) is 10.2. The number of hydrogen-bond acceptors (Lipinski definition) is 7. The second kappa shape index (κ2) is 11.3. The maximum atomic E-state index is 13.6. The second-order valence-electron chi connectivity index (χ2n) is 7.16. The van der Waals surface area contributed by atoms with E-state index in [1.165, 1.54) is 44.7 Å². The number of nitrogens with zero attached hydrogens (tertiary/aromatic N) is 2. The molecule has 0 saturated carbocycles. The van der Waals surface area contributed by atoms with Crippen molar-refractivity contribution in [2.45, 2.75) is 11.4 Å². The van der Waals surface area contributed by atoms with Gasteiger partial charge in [0.15, 0.2) is 0 Å². The average molecular weight is 484 g/mol. The van der Waals surface area contributed by atoms with Crippen LogP contribution in [-0.4, -0.2) is 50.7 Å². The van der Waals surface area contributed by atoms with Gasteiger partial charge in [0.25, 0.3) is 5.91 Å². The van der Waals surface area contributed by atoms with Crippen LogP contribution in [0.3, 0.4) is 0 Å². The van der Waals surface area contributed by atoms with E-state index in [1.54, 1.807) is 42.5 Å². The SMILES string of the molecule is COc1ccc(OC)c(S(=O)(=O)N(CC(=O)NN=Cc2ccc(O)cc2)Cc2ccccc2)c1. The van der Waals surface area contributed by atoms with Gasteiger partial charge in [-0.3, -0.25) is 4.79 Å². The standard InChI is InChI=1S/C24H25N3O6S/c1-32-21-12-13-22(33-2)23(14-21)34(30,31)27(16-19-6-4-3-5-7-19)17-24(29)26-25-15-18-8-10-20(28)11-9-18/h3-15,28H,16-17H2,1-2H3,(H,26,29). The topological polar surface area (TPSA) is 118 Å². The maximum absolute atomic E-state index is 13.6. The van der Waals surface area contributed by atoms with Crippen molar-refractivity contribution in [2.24, 2.45) is 5.10 Å². The van der Waals surface area contributed by atoms with Gasteiger partial charge in [-0.05, 0) is 47.5 Å². The Morgan fingerprint density at radius 1 is 1.03 bits per heavy atom. The number of phenolic OH excluding ortho intramolecular Hbond substituents is 1. The number of methoxy groups -OCH3 is 2. The Morgan fingerprint density at radius 3 is 2.38 bits per heavy atom. The smallest absolute Gasteiger partial charge is 0.255 e. The van der Waals surface area contributed by atoms with Crippen LogP contribution in [0.25, 0.3) is 0 Å². The third kappa shape index (κ3) is 6.33. The van der Waals surface area contributed by atoms with E-state index in [4.69, 9.17) is 9.47 Å². The van der Waals surface area contributed by atoms with Crippen LogP contribution < -0.4 is 14.9 Å². The Labute approximate surface area is 198 Å². The van der Waals surface area contributed by atoms with Crippen molar-refractivity contribution in [3.8, 4) is 17.2 Å². The lowest BCUT2D eigenvalue weighted by molar-refractivity contribution is -0.121. The van der Waals surface area contributed by atoms with Gasteiger partial charge in [-0.15, -0.1) is 0 Å². The minimum Gasteiger partial charge on any atom is -0.508 e. The van der Waals surface area contributed by atoms with Crippen LogP contribution >= 0.6 is 0 Å². The van der Waals surface area contributed by atoms with Crippen LogP contribution in [0.5, 0.6) is 17.2 Å². The molecule has 0 atom stereocenters. The van der Waals surface area contributed by atoms with Gasteiger partial charge in [0.2, 0.25) is 10.0 Å². The molecule has 0 aliphatic carbocycles. The second-order valence-corrected chi connectivity index (χ2v) is 9.07. The molecule has 178 valence electrons. The van der Waals surface area contributed by atoms with Crippen molar-refractivity contribution in [3.05, 3.63) is 83.9 Å². The van der Waals surface area contributed by atoms with Crippen molar-refractivity contribution in [1.29, 1.82) is 0 Å². The Balaban J connectivity index is 1.86. The quantitative estimate of drug-likeness (QED) is 0.338. The highest BCUT2D eigenvalue weighted by molar-refractivity contribution is 7.89. The fourth-order valence-corrected chi connectivity index (χ4v) is 4.63. The Bertz CT molecular complexity index is 1250. The summed E-state index contributed by atoms with van der Waals surface area (Å²) in [7, 11) is -1.37. The summed E-state index contributed by atoms with van der Waals surface area (Å²) >= 11 is 0. The monoisotopic (exact) mass is 483 g/mol. The molecule has 3 aromatic carbocycles. The molecular weight excluding hydrogens is 458 g/mol. The molecule has 3 aromatic rings. The average Bonchev–Trinajstić information content (AvgIpc) is 2.85. The van der Waals surface area contributed by atoms with Gasteiger partial charge in [-0.2, -0.15) is 9.41 Å². The molecule has 9 nitrogen and oxygen atoms in total. The molecule has 10 heteroatoms. The van der Waals surface area contributed by atoms with Crippen LogP contribution in [0.1, 0.15) is 11.1 Å². The molecule has 1 amide bonds. The summed E-state index contributed by atoms with van der Waals surface area (Å²) in [4.78, 5) is 12.5. The lowest BCUT2D eigenvalue weighted by Gasteiger charge is -2.23. The first-order valence-corrected chi connectivity index (χ1v) is 11.6. The molecule has 0 radical (unpaired) electrons. The number of carbonyl (C=O) groups excluding carboxylic acids is 1. The lowest BCUT2D eigenvalue weighted by atomic mass is 10.2. The molecule has 0 aliphatic rings. The summed E-state index contributed by atoms with van der Waals surface area (Å²) in [6, 6.07) is 19.6. The summed E-state index contributed by atoms with van der Waals surface area (Å²) < 4.78 is 38.7. The zero-order valence-corrected chi connectivity index (χ0v) is 19.5. The number of phenols is 1. The van der Waals surface area contributed by atoms with Gasteiger partial charge in [0.05, 0.1) is 27.0 Å². The van der Waals surface area contributed by atoms with Crippen LogP contribution in [0, 0.1) is 0 Å². The Morgan fingerprint density at radius 2 is 1.74 bits per heavy atom. The minimum absolute atomic E-state index is 0.0430. The maximum Gasteiger partial charge on any atom is 0.255 e. The lowest BCUT2D eigenvalue weighted by Crippen LogP contribution is -2.39. The molecule has 0 heterocycles. The summed E-state index contributed by atoms with van der Waals surface area (Å²) in [5, 5.41) is 13.2. The fourth-order valence-electron chi connectivity index (χ4n) is 3.07. The molecule has 2 N–H and O–H groups in total. The first-order chi connectivity index (χ1) is 16.3. The Kier molecular flexibility index (Phi) is 8.23. The van der Waals surface area contributed by atoms with E-state index in [-0.39, 0.29) is 22.9 Å². The van der Waals surface area contributed by atoms with Gasteiger partial charge in [-0.25, -0.2) is 13.8 Å². The van der Waals surface area contributed by atoms with E-state index in [0.717, 1.165) is 4.31 Å². The highest BCUT2D eigenvalue weighted by Gasteiger charge is 2.30. The van der Waals surface area contributed by atoms with Crippen LogP contribution in [0.4, 0.5) is 0 Å². The minimum atomic E-state index is -4.16. The molecule has 0 fully saturated rings. The van der Waals surface area contributed by atoms with Gasteiger partial charge in [-0.1, -0.05) is 30.3 Å². The van der Waals surface area contributed by atoms with Gasteiger partial charge in [0.1, 0.15) is 22.1 Å².